The molecule has 0 saturated carbocycles. The van der Waals surface area contributed by atoms with Crippen molar-refractivity contribution in [2.75, 3.05) is 19.8 Å². The molecule has 1 fully saturated rings. The number of aromatic nitrogens is 2. The fraction of sp³-hybridized carbons (Fsp3) is 0.833. The molecule has 1 aliphatic heterocycles. The number of hydrogen-bond acceptors (Lipinski definition) is 13. The minimum Gasteiger partial charge on any atom is -0.756 e. The van der Waals surface area contributed by atoms with E-state index in [1.54, 1.807) is 0 Å². The van der Waals surface area contributed by atoms with E-state index in [0.29, 0.717) is 12.8 Å². The number of H-pyrrole nitrogens is 1. The molecule has 0 amide bonds. The van der Waals surface area contributed by atoms with Crippen molar-refractivity contribution in [2.24, 2.45) is 0 Å². The van der Waals surface area contributed by atoms with Crippen LogP contribution in [0.3, 0.4) is 0 Å². The number of phosphoric acid groups is 1. The van der Waals surface area contributed by atoms with E-state index in [4.69, 9.17) is 23.3 Å². The first-order valence-electron chi connectivity index (χ1n) is 19.3. The molecule has 1 aliphatic rings. The number of aliphatic hydroxyl groups is 2. The molecule has 0 spiro atoms. The third-order valence-electron chi connectivity index (χ3n) is 8.98. The highest BCUT2D eigenvalue weighted by molar-refractivity contribution is 7.45. The molecule has 1 aromatic heterocycles. The van der Waals surface area contributed by atoms with E-state index in [1.807, 2.05) is 4.98 Å². The number of nitrogens with zero attached hydrogens (tertiary/aromatic N) is 1. The number of quaternary nitrogens is 1. The summed E-state index contributed by atoms with van der Waals surface area (Å²) in [6, 6.07) is 1.02. The van der Waals surface area contributed by atoms with Crippen LogP contribution in [0.5, 0.6) is 0 Å². The van der Waals surface area contributed by atoms with Gasteiger partial charge in [-0.15, -0.1) is 0 Å². The summed E-state index contributed by atoms with van der Waals surface area (Å²) in [5, 5.41) is 20.8. The van der Waals surface area contributed by atoms with Gasteiger partial charge in [-0.2, -0.15) is 0 Å². The van der Waals surface area contributed by atoms with Crippen molar-refractivity contribution >= 4 is 19.8 Å². The summed E-state index contributed by atoms with van der Waals surface area (Å²) in [6.07, 6.45) is 13.4. The van der Waals surface area contributed by atoms with Gasteiger partial charge in [0.1, 0.15) is 24.9 Å². The summed E-state index contributed by atoms with van der Waals surface area (Å²) in [6.45, 7) is 2.47. The van der Waals surface area contributed by atoms with Crippen molar-refractivity contribution in [1.82, 2.24) is 15.7 Å². The fourth-order valence-electron chi connectivity index (χ4n) is 5.88. The van der Waals surface area contributed by atoms with Crippen LogP contribution in [0.25, 0.3) is 0 Å². The van der Waals surface area contributed by atoms with Crippen LogP contribution in [-0.4, -0.2) is 75.9 Å². The maximum Gasteiger partial charge on any atom is 0.330 e. The number of hydrogen-bond donors (Lipinski definition) is 4. The molecule has 1 aromatic rings. The lowest BCUT2D eigenvalue weighted by molar-refractivity contribution is -0.231. The van der Waals surface area contributed by atoms with Crippen molar-refractivity contribution in [3.05, 3.63) is 33.1 Å². The minimum atomic E-state index is -5.10. The zero-order valence-corrected chi connectivity index (χ0v) is 33.0. The summed E-state index contributed by atoms with van der Waals surface area (Å²) >= 11 is 0. The van der Waals surface area contributed by atoms with Crippen molar-refractivity contribution < 1.29 is 52.5 Å². The summed E-state index contributed by atoms with van der Waals surface area (Å²) in [5.74, 6) is -1.07. The van der Waals surface area contributed by atoms with Gasteiger partial charge in [0.25, 0.3) is 13.4 Å². The lowest BCUT2D eigenvalue weighted by atomic mass is 10.1. The van der Waals surface area contributed by atoms with Gasteiger partial charge in [-0.1, -0.05) is 117 Å². The quantitative estimate of drug-likeness (QED) is 0.0438. The summed E-state index contributed by atoms with van der Waals surface area (Å²) in [5.41, 5.74) is -1.59. The predicted octanol–water partition coefficient (Wildman–Crippen LogP) is 5.33. The molecule has 2 heterocycles. The van der Waals surface area contributed by atoms with Crippen molar-refractivity contribution in [2.45, 2.75) is 173 Å². The van der Waals surface area contributed by atoms with Crippen molar-refractivity contribution in [3.63, 3.8) is 0 Å². The number of esters is 2. The first-order valence-corrected chi connectivity index (χ1v) is 20.7. The standard InChI is InChI=1S/C36H63N2O13P.H3N/c1-3-5-7-9-11-13-15-17-19-21-31(40)47-25-28(50-32(41)22-20-18-16-14-12-10-8-6-4-2)26-48-52(45,46)49-27-29-33(42)34(43)35(51-29)38-24-23-30(39)37-36(38)44;/h23-24,28-29,33-35,42-43H,3-22,25-27H2,1-2H3,(H,45,46)(H,37,39,44);1H3/t28-,29+,33-,34?,35+;/m0./s1. The topological polar surface area (TPSA) is 252 Å². The maximum atomic E-state index is 12.6. The van der Waals surface area contributed by atoms with Gasteiger partial charge in [0.15, 0.2) is 12.3 Å². The number of unbranched alkanes of at least 4 members (excludes halogenated alkanes) is 16. The summed E-state index contributed by atoms with van der Waals surface area (Å²) in [4.78, 5) is 63.2. The molecule has 0 radical (unpaired) electrons. The number of nitrogens with one attached hydrogen (secondary N) is 1. The van der Waals surface area contributed by atoms with Crippen LogP contribution in [-0.2, 0) is 37.4 Å². The van der Waals surface area contributed by atoms with Gasteiger partial charge in [0.05, 0.1) is 13.2 Å². The number of rotatable bonds is 30. The van der Waals surface area contributed by atoms with Crippen LogP contribution in [0.4, 0.5) is 0 Å². The van der Waals surface area contributed by atoms with Crippen molar-refractivity contribution in [1.29, 1.82) is 0 Å². The molecular weight excluding hydrogens is 713 g/mol. The maximum absolute atomic E-state index is 12.6. The molecule has 53 heavy (non-hydrogen) atoms. The predicted molar refractivity (Wildman–Crippen MR) is 197 cm³/mol. The van der Waals surface area contributed by atoms with E-state index in [-0.39, 0.29) is 19.0 Å². The first kappa shape index (κ1) is 48.6. The number of carbonyl (C=O) groups is 2. The zero-order valence-electron chi connectivity index (χ0n) is 32.1. The van der Waals surface area contributed by atoms with Gasteiger partial charge < -0.3 is 44.5 Å². The molecule has 1 saturated heterocycles. The van der Waals surface area contributed by atoms with E-state index >= 15 is 0 Å². The molecule has 16 nitrogen and oxygen atoms in total. The second-order valence-corrected chi connectivity index (χ2v) is 15.0. The average molecular weight is 780 g/mol. The molecule has 0 aliphatic carbocycles. The van der Waals surface area contributed by atoms with Gasteiger partial charge in [0, 0.05) is 25.1 Å². The van der Waals surface area contributed by atoms with Gasteiger partial charge in [-0.05, 0) is 12.8 Å². The Balaban J connectivity index is 0.0000140. The van der Waals surface area contributed by atoms with E-state index in [1.165, 1.54) is 57.8 Å². The molecule has 0 bridgehead atoms. The molecule has 2 rings (SSSR count). The highest BCUT2D eigenvalue weighted by atomic mass is 31.2. The van der Waals surface area contributed by atoms with E-state index < -0.39 is 81.5 Å². The average Bonchev–Trinajstić information content (AvgIpc) is 3.39. The molecule has 17 heteroatoms. The molecule has 7 N–H and O–H groups in total. The van der Waals surface area contributed by atoms with Crippen LogP contribution in [0.15, 0.2) is 21.9 Å². The molecule has 308 valence electrons. The Labute approximate surface area is 313 Å². The Hall–Kier alpha value is -2.43. The fourth-order valence-corrected chi connectivity index (χ4v) is 6.63. The van der Waals surface area contributed by atoms with Crippen LogP contribution in [0.2, 0.25) is 0 Å². The third-order valence-corrected chi connectivity index (χ3v) is 9.91. The van der Waals surface area contributed by atoms with Crippen molar-refractivity contribution in [3.8, 4) is 0 Å². The molecule has 2 unspecified atom stereocenters. The molecular formula is C36H66N3O13P. The largest absolute Gasteiger partial charge is 0.756 e. The highest BCUT2D eigenvalue weighted by Gasteiger charge is 2.44. The van der Waals surface area contributed by atoms with Gasteiger partial charge in [-0.25, -0.2) is 4.79 Å². The number of ether oxygens (including phenoxy) is 3. The second-order valence-electron chi connectivity index (χ2n) is 13.6. The highest BCUT2D eigenvalue weighted by Crippen LogP contribution is 2.40. The normalized spacial score (nSPS) is 20.0. The monoisotopic (exact) mass is 779 g/mol. The van der Waals surface area contributed by atoms with Crippen LogP contribution in [0.1, 0.15) is 148 Å². The number of aromatic amines is 1. The smallest absolute Gasteiger partial charge is 0.330 e. The lowest BCUT2D eigenvalue weighted by Gasteiger charge is -2.27. The first-order chi connectivity index (χ1) is 25.0. The zero-order chi connectivity index (χ0) is 38.2. The Morgan fingerprint density at radius 3 is 1.85 bits per heavy atom. The summed E-state index contributed by atoms with van der Waals surface area (Å²) in [7, 11) is -5.10. The molecule has 6 atom stereocenters. The second kappa shape index (κ2) is 28.0. The number of carbonyl (C=O) groups excluding carboxylic acids is 2. The van der Waals surface area contributed by atoms with Crippen LogP contribution < -0.4 is 22.3 Å². The van der Waals surface area contributed by atoms with Crippen LogP contribution in [0, 0.1) is 0 Å². The third kappa shape index (κ3) is 20.7. The molecule has 0 aromatic carbocycles. The minimum absolute atomic E-state index is 0. The Bertz CT molecular complexity index is 1310. The Morgan fingerprint density at radius 2 is 1.32 bits per heavy atom. The lowest BCUT2D eigenvalue weighted by Crippen LogP contribution is -2.37. The summed E-state index contributed by atoms with van der Waals surface area (Å²) < 4.78 is 39.6. The number of aliphatic hydroxyl groups excluding tert-OH is 2. The SMILES string of the molecule is CCCCCCCCCCCC(=O)OC[C@@H](COP(=O)([O-])OC[C@H]1O[C@@H](n2ccc(=O)[nH]c2=O)C(O)[C@H]1O)OC(=O)CCCCCCCCCCC.[NH4+]. The number of phosphoric ester groups is 1. The van der Waals surface area contributed by atoms with Gasteiger partial charge in [-0.3, -0.25) is 28.5 Å². The van der Waals surface area contributed by atoms with Gasteiger partial charge in [0.2, 0.25) is 0 Å². The Kier molecular flexibility index (Phi) is 25.7. The van der Waals surface area contributed by atoms with E-state index in [9.17, 15) is 38.8 Å². The van der Waals surface area contributed by atoms with E-state index in [2.05, 4.69) is 13.8 Å². The Morgan fingerprint density at radius 1 is 0.811 bits per heavy atom. The van der Waals surface area contributed by atoms with Gasteiger partial charge >= 0.3 is 17.6 Å². The van der Waals surface area contributed by atoms with E-state index in [0.717, 1.165) is 61.8 Å². The van der Waals surface area contributed by atoms with Crippen LogP contribution >= 0.6 is 7.82 Å².